The molecular weight excluding hydrogens is 394 g/mol. The average Bonchev–Trinajstić information content (AvgIpc) is 2.98. The van der Waals surface area contributed by atoms with Gasteiger partial charge in [0.2, 0.25) is 15.9 Å². The highest BCUT2D eigenvalue weighted by Gasteiger charge is 2.20. The Labute approximate surface area is 171 Å². The molecule has 9 heteroatoms. The van der Waals surface area contributed by atoms with Gasteiger partial charge in [0, 0.05) is 13.5 Å². The quantitative estimate of drug-likeness (QED) is 0.642. The first kappa shape index (κ1) is 22.6. The largest absolute Gasteiger partial charge is 0.495 e. The lowest BCUT2D eigenvalue weighted by Gasteiger charge is -2.12. The van der Waals surface area contributed by atoms with Gasteiger partial charge in [0.05, 0.1) is 7.11 Å². The van der Waals surface area contributed by atoms with Crippen molar-refractivity contribution in [2.75, 3.05) is 19.0 Å². The fraction of sp³-hybridized carbons (Fsp3) is 0.400. The second-order valence-corrected chi connectivity index (χ2v) is 8.75. The number of hydrogen-bond donors (Lipinski definition) is 2. The first-order chi connectivity index (χ1) is 13.6. The molecule has 1 aromatic heterocycles. The van der Waals surface area contributed by atoms with Crippen LogP contribution >= 0.6 is 0 Å². The lowest BCUT2D eigenvalue weighted by atomic mass is 10.1. The lowest BCUT2D eigenvalue weighted by Crippen LogP contribution is -2.26. The topological polar surface area (TPSA) is 111 Å². The van der Waals surface area contributed by atoms with Gasteiger partial charge in [0.25, 0.3) is 0 Å². The molecule has 0 aliphatic carbocycles. The van der Waals surface area contributed by atoms with Crippen molar-refractivity contribution in [1.82, 2.24) is 9.88 Å². The number of nitrogens with one attached hydrogen (secondary N) is 2. The van der Waals surface area contributed by atoms with Crippen LogP contribution in [0.5, 0.6) is 5.75 Å². The van der Waals surface area contributed by atoms with Crippen LogP contribution in [-0.4, -0.2) is 33.1 Å². The van der Waals surface area contributed by atoms with Gasteiger partial charge in [-0.1, -0.05) is 31.1 Å². The van der Waals surface area contributed by atoms with E-state index in [4.69, 9.17) is 9.26 Å². The Hall–Kier alpha value is -2.65. The van der Waals surface area contributed by atoms with Crippen LogP contribution in [0, 0.1) is 12.8 Å². The molecule has 0 aliphatic rings. The molecule has 2 aromatic rings. The van der Waals surface area contributed by atoms with E-state index in [0.717, 1.165) is 6.42 Å². The van der Waals surface area contributed by atoms with Crippen LogP contribution in [0.25, 0.3) is 12.2 Å². The number of methoxy groups -OCH3 is 1. The number of amides is 1. The molecule has 2 rings (SSSR count). The molecule has 8 nitrogen and oxygen atoms in total. The Balaban J connectivity index is 2.31. The van der Waals surface area contributed by atoms with E-state index < -0.39 is 10.0 Å². The number of carbonyl (C=O) groups excluding carboxylic acids is 1. The van der Waals surface area contributed by atoms with Crippen LogP contribution in [0.4, 0.5) is 5.69 Å². The maximum absolute atomic E-state index is 12.7. The normalized spacial score (nSPS) is 11.9. The Bertz CT molecular complexity index is 994. The van der Waals surface area contributed by atoms with Crippen molar-refractivity contribution in [3.05, 3.63) is 35.2 Å². The predicted molar refractivity (Wildman–Crippen MR) is 112 cm³/mol. The maximum Gasteiger partial charge on any atom is 0.244 e. The first-order valence-electron chi connectivity index (χ1n) is 9.23. The summed E-state index contributed by atoms with van der Waals surface area (Å²) in [6.07, 6.45) is 4.03. The van der Waals surface area contributed by atoms with Gasteiger partial charge < -0.3 is 14.6 Å². The Morgan fingerprint density at radius 1 is 1.31 bits per heavy atom. The molecule has 0 spiro atoms. The molecule has 29 heavy (non-hydrogen) atoms. The number of carbonyl (C=O) groups is 1. The minimum atomic E-state index is -3.73. The zero-order valence-electron chi connectivity index (χ0n) is 17.3. The summed E-state index contributed by atoms with van der Waals surface area (Å²) in [7, 11) is -2.30. The molecule has 0 bridgehead atoms. The highest BCUT2D eigenvalue weighted by molar-refractivity contribution is 7.89. The van der Waals surface area contributed by atoms with Gasteiger partial charge in [-0.15, -0.1) is 0 Å². The minimum Gasteiger partial charge on any atom is -0.495 e. The summed E-state index contributed by atoms with van der Waals surface area (Å²) in [5, 5.41) is 6.52. The third-order valence-electron chi connectivity index (χ3n) is 4.11. The van der Waals surface area contributed by atoms with E-state index in [-0.39, 0.29) is 16.6 Å². The van der Waals surface area contributed by atoms with E-state index in [2.05, 4.69) is 15.2 Å². The second kappa shape index (κ2) is 9.71. The van der Waals surface area contributed by atoms with Gasteiger partial charge in [-0.05, 0) is 43.0 Å². The number of ether oxygens (including phenoxy) is 1. The van der Waals surface area contributed by atoms with Crippen molar-refractivity contribution in [2.24, 2.45) is 5.92 Å². The van der Waals surface area contributed by atoms with Crippen LogP contribution in [0.2, 0.25) is 0 Å². The van der Waals surface area contributed by atoms with Crippen LogP contribution < -0.4 is 14.8 Å². The number of aromatic nitrogens is 1. The van der Waals surface area contributed by atoms with Crippen LogP contribution in [0.1, 0.15) is 44.2 Å². The molecule has 0 atom stereocenters. The Morgan fingerprint density at radius 3 is 2.66 bits per heavy atom. The third kappa shape index (κ3) is 6.16. The fourth-order valence-electron chi connectivity index (χ4n) is 2.57. The molecule has 0 saturated carbocycles. The summed E-state index contributed by atoms with van der Waals surface area (Å²) < 4.78 is 38.5. The Kier molecular flexibility index (Phi) is 7.58. The highest BCUT2D eigenvalue weighted by atomic mass is 32.2. The maximum atomic E-state index is 12.7. The molecule has 0 unspecified atom stereocenters. The van der Waals surface area contributed by atoms with Gasteiger partial charge >= 0.3 is 0 Å². The van der Waals surface area contributed by atoms with Gasteiger partial charge in [0.1, 0.15) is 22.0 Å². The fourth-order valence-corrected chi connectivity index (χ4v) is 3.82. The van der Waals surface area contributed by atoms with Gasteiger partial charge in [-0.2, -0.15) is 0 Å². The molecule has 158 valence electrons. The molecule has 0 saturated heterocycles. The standard InChI is InChI=1S/C20H27N3O5S/c1-13(2)10-11-21-29(25,26)19-12-16(6-8-17(19)27-5)7-9-18-20(22-15(4)24)14(3)23-28-18/h6-9,12-13,21H,10-11H2,1-5H3,(H,22,24). The molecule has 1 amide bonds. The number of benzene rings is 1. The molecule has 0 radical (unpaired) electrons. The zero-order chi connectivity index (χ0) is 21.6. The van der Waals surface area contributed by atoms with Crippen molar-refractivity contribution in [2.45, 2.75) is 39.0 Å². The SMILES string of the molecule is COc1ccc(C=Cc2onc(C)c2NC(C)=O)cc1S(=O)(=O)NCCC(C)C. The number of hydrogen-bond acceptors (Lipinski definition) is 6. The Morgan fingerprint density at radius 2 is 2.03 bits per heavy atom. The van der Waals surface area contributed by atoms with E-state index in [1.807, 2.05) is 13.8 Å². The predicted octanol–water partition coefficient (Wildman–Crippen LogP) is 3.44. The number of nitrogens with zero attached hydrogens (tertiary/aromatic N) is 1. The van der Waals surface area contributed by atoms with Crippen molar-refractivity contribution in [3.63, 3.8) is 0 Å². The number of anilines is 1. The average molecular weight is 422 g/mol. The molecule has 0 fully saturated rings. The van der Waals surface area contributed by atoms with E-state index in [0.29, 0.717) is 35.2 Å². The minimum absolute atomic E-state index is 0.0572. The summed E-state index contributed by atoms with van der Waals surface area (Å²) in [5.74, 6) is 0.773. The van der Waals surface area contributed by atoms with Crippen molar-refractivity contribution < 1.29 is 22.5 Å². The second-order valence-electron chi connectivity index (χ2n) is 7.01. The van der Waals surface area contributed by atoms with E-state index in [9.17, 15) is 13.2 Å². The van der Waals surface area contributed by atoms with Gasteiger partial charge in [0.15, 0.2) is 5.76 Å². The summed E-state index contributed by atoms with van der Waals surface area (Å²) >= 11 is 0. The summed E-state index contributed by atoms with van der Waals surface area (Å²) in [6, 6.07) is 4.84. The summed E-state index contributed by atoms with van der Waals surface area (Å²) in [6.45, 7) is 7.52. The number of sulfonamides is 1. The molecule has 1 aromatic carbocycles. The monoisotopic (exact) mass is 421 g/mol. The number of aryl methyl sites for hydroxylation is 1. The van der Waals surface area contributed by atoms with Crippen LogP contribution in [0.3, 0.4) is 0 Å². The number of rotatable bonds is 9. The smallest absolute Gasteiger partial charge is 0.244 e. The molecular formula is C20H27N3O5S. The first-order valence-corrected chi connectivity index (χ1v) is 10.7. The van der Waals surface area contributed by atoms with E-state index in [1.165, 1.54) is 20.1 Å². The zero-order valence-corrected chi connectivity index (χ0v) is 18.1. The summed E-state index contributed by atoms with van der Waals surface area (Å²) in [5.41, 5.74) is 1.65. The van der Waals surface area contributed by atoms with Gasteiger partial charge in [-0.3, -0.25) is 4.79 Å². The van der Waals surface area contributed by atoms with Crippen molar-refractivity contribution in [3.8, 4) is 5.75 Å². The van der Waals surface area contributed by atoms with E-state index >= 15 is 0 Å². The van der Waals surface area contributed by atoms with Crippen LogP contribution in [0.15, 0.2) is 27.6 Å². The van der Waals surface area contributed by atoms with E-state index in [1.54, 1.807) is 31.2 Å². The lowest BCUT2D eigenvalue weighted by molar-refractivity contribution is -0.114. The van der Waals surface area contributed by atoms with Crippen LogP contribution in [-0.2, 0) is 14.8 Å². The molecule has 1 heterocycles. The molecule has 0 aliphatic heterocycles. The summed E-state index contributed by atoms with van der Waals surface area (Å²) in [4.78, 5) is 11.4. The van der Waals surface area contributed by atoms with Crippen molar-refractivity contribution in [1.29, 1.82) is 0 Å². The van der Waals surface area contributed by atoms with Gasteiger partial charge in [-0.25, -0.2) is 13.1 Å². The molecule has 2 N–H and O–H groups in total. The third-order valence-corrected chi connectivity index (χ3v) is 5.59. The van der Waals surface area contributed by atoms with Crippen molar-refractivity contribution >= 4 is 33.8 Å². The highest BCUT2D eigenvalue weighted by Crippen LogP contribution is 2.27.